The second kappa shape index (κ2) is 5.65. The van der Waals surface area contributed by atoms with E-state index in [0.29, 0.717) is 30.4 Å². The molecular weight excluding hydrogens is 306 g/mol. The molecule has 4 rings (SSSR count). The number of ether oxygens (including phenoxy) is 1. The van der Waals surface area contributed by atoms with Gasteiger partial charge in [-0.15, -0.1) is 22.0 Å². The summed E-state index contributed by atoms with van der Waals surface area (Å²) in [4.78, 5) is 6.56. The minimum Gasteiger partial charge on any atom is -0.390 e. The van der Waals surface area contributed by atoms with E-state index in [1.165, 1.54) is 11.8 Å². The quantitative estimate of drug-likeness (QED) is 0.761. The zero-order valence-electron chi connectivity index (χ0n) is 11.9. The highest BCUT2D eigenvalue weighted by molar-refractivity contribution is 7.99. The number of nitrogens with zero attached hydrogens (tertiary/aromatic N) is 5. The van der Waals surface area contributed by atoms with Gasteiger partial charge in [-0.05, 0) is 0 Å². The van der Waals surface area contributed by atoms with Crippen LogP contribution in [0.3, 0.4) is 0 Å². The Kier molecular flexibility index (Phi) is 3.65. The van der Waals surface area contributed by atoms with Gasteiger partial charge in [-0.2, -0.15) is 0 Å². The lowest BCUT2D eigenvalue weighted by molar-refractivity contribution is 0.0404. The van der Waals surface area contributed by atoms with Gasteiger partial charge in [-0.25, -0.2) is 4.98 Å². The van der Waals surface area contributed by atoms with Crippen LogP contribution in [0.5, 0.6) is 0 Å². The predicted molar refractivity (Wildman–Crippen MR) is 81.0 cm³/mol. The van der Waals surface area contributed by atoms with Crippen molar-refractivity contribution < 1.29 is 14.9 Å². The number of morpholine rings is 1. The van der Waals surface area contributed by atoms with Gasteiger partial charge in [0.25, 0.3) is 0 Å². The molecule has 3 atom stereocenters. The molecule has 0 radical (unpaired) electrons. The molecule has 0 unspecified atom stereocenters. The summed E-state index contributed by atoms with van der Waals surface area (Å²) in [6, 6.07) is 0. The van der Waals surface area contributed by atoms with Crippen molar-refractivity contribution in [3.8, 4) is 0 Å². The third kappa shape index (κ3) is 2.24. The summed E-state index contributed by atoms with van der Waals surface area (Å²) in [5, 5.41) is 28.1. The summed E-state index contributed by atoms with van der Waals surface area (Å²) in [5.41, 5.74) is 0.675. The molecular formula is C13H17N5O3S. The van der Waals surface area contributed by atoms with Crippen molar-refractivity contribution in [1.29, 1.82) is 0 Å². The van der Waals surface area contributed by atoms with Crippen molar-refractivity contribution in [2.45, 2.75) is 17.5 Å². The van der Waals surface area contributed by atoms with E-state index in [-0.39, 0.29) is 5.25 Å². The lowest BCUT2D eigenvalue weighted by Crippen LogP contribution is -2.37. The van der Waals surface area contributed by atoms with Crippen LogP contribution in [-0.2, 0) is 4.74 Å². The average Bonchev–Trinajstić information content (AvgIpc) is 3.12. The highest BCUT2D eigenvalue weighted by Gasteiger charge is 2.38. The normalized spacial score (nSPS) is 29.4. The first kappa shape index (κ1) is 14.2. The van der Waals surface area contributed by atoms with Gasteiger partial charge >= 0.3 is 0 Å². The molecule has 2 saturated heterocycles. The van der Waals surface area contributed by atoms with Crippen LogP contribution in [0.1, 0.15) is 11.1 Å². The van der Waals surface area contributed by atoms with Gasteiger partial charge in [0.2, 0.25) is 5.65 Å². The molecule has 2 aromatic rings. The fraction of sp³-hybridized carbons (Fsp3) is 0.615. The molecule has 2 aliphatic rings. The molecule has 9 heteroatoms. The number of hydrogen-bond donors (Lipinski definition) is 2. The van der Waals surface area contributed by atoms with E-state index in [9.17, 15) is 10.2 Å². The number of aromatic nitrogens is 4. The van der Waals surface area contributed by atoms with Crippen molar-refractivity contribution in [2.75, 3.05) is 37.0 Å². The molecule has 118 valence electrons. The van der Waals surface area contributed by atoms with Crippen molar-refractivity contribution in [3.63, 3.8) is 0 Å². The molecule has 2 N–H and O–H groups in total. The maximum atomic E-state index is 10.1. The van der Waals surface area contributed by atoms with Gasteiger partial charge in [0.05, 0.1) is 30.7 Å². The first-order valence-corrected chi connectivity index (χ1v) is 8.30. The van der Waals surface area contributed by atoms with E-state index in [4.69, 9.17) is 4.74 Å². The molecule has 2 aromatic heterocycles. The van der Waals surface area contributed by atoms with Crippen molar-refractivity contribution >= 4 is 23.2 Å². The molecule has 0 aliphatic carbocycles. The van der Waals surface area contributed by atoms with Crippen LogP contribution in [-0.4, -0.2) is 74.1 Å². The molecule has 0 spiro atoms. The van der Waals surface area contributed by atoms with Gasteiger partial charge in [-0.1, -0.05) is 0 Å². The fourth-order valence-electron chi connectivity index (χ4n) is 2.85. The minimum atomic E-state index is -0.822. The Balaban J connectivity index is 1.73. The van der Waals surface area contributed by atoms with Crippen LogP contribution in [0, 0.1) is 0 Å². The second-order valence-corrected chi connectivity index (χ2v) is 6.59. The summed E-state index contributed by atoms with van der Waals surface area (Å²) in [7, 11) is 0. The number of aliphatic hydroxyl groups excluding tert-OH is 2. The van der Waals surface area contributed by atoms with Crippen LogP contribution in [0.15, 0.2) is 12.4 Å². The number of hydrogen-bond acceptors (Lipinski definition) is 8. The Bertz CT molecular complexity index is 675. The molecule has 0 amide bonds. The smallest absolute Gasteiger partial charge is 0.203 e. The van der Waals surface area contributed by atoms with Crippen LogP contribution in [0.25, 0.3) is 5.65 Å². The van der Waals surface area contributed by atoms with Crippen LogP contribution < -0.4 is 4.90 Å². The van der Waals surface area contributed by atoms with Crippen LogP contribution >= 0.6 is 11.8 Å². The maximum Gasteiger partial charge on any atom is 0.203 e. The molecule has 0 aromatic carbocycles. The highest BCUT2D eigenvalue weighted by Crippen LogP contribution is 2.39. The first-order chi connectivity index (χ1) is 10.8. The monoisotopic (exact) mass is 323 g/mol. The van der Waals surface area contributed by atoms with Crippen LogP contribution in [0.2, 0.25) is 0 Å². The van der Waals surface area contributed by atoms with E-state index >= 15 is 0 Å². The van der Waals surface area contributed by atoms with Gasteiger partial charge in [0.1, 0.15) is 0 Å². The molecule has 0 bridgehead atoms. The SMILES string of the molecule is O[C@@H]1[C@H](O)CS[C@H]1c1nnc2c(N3CCOCC3)nccn12. The molecule has 2 fully saturated rings. The Morgan fingerprint density at radius 1 is 1.23 bits per heavy atom. The average molecular weight is 323 g/mol. The first-order valence-electron chi connectivity index (χ1n) is 7.26. The predicted octanol–water partition coefficient (Wildman–Crippen LogP) is -0.529. The van der Waals surface area contributed by atoms with E-state index in [2.05, 4.69) is 20.1 Å². The third-order valence-electron chi connectivity index (χ3n) is 4.05. The third-order valence-corrected chi connectivity index (χ3v) is 5.43. The fourth-order valence-corrected chi connectivity index (χ4v) is 4.14. The van der Waals surface area contributed by atoms with E-state index in [1.54, 1.807) is 12.4 Å². The molecule has 22 heavy (non-hydrogen) atoms. The van der Waals surface area contributed by atoms with Gasteiger partial charge in [0.15, 0.2) is 11.6 Å². The molecule has 8 nitrogen and oxygen atoms in total. The van der Waals surface area contributed by atoms with Crippen LogP contribution in [0.4, 0.5) is 5.82 Å². The Morgan fingerprint density at radius 3 is 2.77 bits per heavy atom. The zero-order valence-corrected chi connectivity index (χ0v) is 12.7. The number of rotatable bonds is 2. The Labute approximate surface area is 131 Å². The van der Waals surface area contributed by atoms with Crippen molar-refractivity contribution in [2.24, 2.45) is 0 Å². The number of aliphatic hydroxyl groups is 2. The Hall–Kier alpha value is -1.42. The molecule has 0 saturated carbocycles. The summed E-state index contributed by atoms with van der Waals surface area (Å²) in [5.74, 6) is 1.94. The molecule has 4 heterocycles. The van der Waals surface area contributed by atoms with E-state index < -0.39 is 12.2 Å². The number of thioether (sulfide) groups is 1. The second-order valence-electron chi connectivity index (χ2n) is 5.41. The minimum absolute atomic E-state index is 0.273. The standard InChI is InChI=1S/C13H17N5O3S/c19-8-7-22-10(9(8)20)11-15-16-13-12(14-1-2-18(11)13)17-3-5-21-6-4-17/h1-2,8-10,19-20H,3-7H2/t8-,9-,10-/m1/s1. The van der Waals surface area contributed by atoms with Gasteiger partial charge < -0.3 is 19.8 Å². The summed E-state index contributed by atoms with van der Waals surface area (Å²) >= 11 is 1.50. The van der Waals surface area contributed by atoms with Crippen molar-refractivity contribution in [3.05, 3.63) is 18.2 Å². The zero-order chi connectivity index (χ0) is 15.1. The summed E-state index contributed by atoms with van der Waals surface area (Å²) in [6.07, 6.45) is 1.97. The molecule has 2 aliphatic heterocycles. The highest BCUT2D eigenvalue weighted by atomic mass is 32.2. The lowest BCUT2D eigenvalue weighted by atomic mass is 10.1. The number of anilines is 1. The van der Waals surface area contributed by atoms with E-state index in [0.717, 1.165) is 18.9 Å². The van der Waals surface area contributed by atoms with Crippen molar-refractivity contribution in [1.82, 2.24) is 19.6 Å². The number of fused-ring (bicyclic) bond motifs is 1. The van der Waals surface area contributed by atoms with E-state index in [1.807, 2.05) is 4.40 Å². The topological polar surface area (TPSA) is 96.0 Å². The van der Waals surface area contributed by atoms with Gasteiger partial charge in [0, 0.05) is 31.2 Å². The Morgan fingerprint density at radius 2 is 2.05 bits per heavy atom. The van der Waals surface area contributed by atoms with Gasteiger partial charge in [-0.3, -0.25) is 4.40 Å². The largest absolute Gasteiger partial charge is 0.390 e. The maximum absolute atomic E-state index is 10.1. The summed E-state index contributed by atoms with van der Waals surface area (Å²) < 4.78 is 7.23. The summed E-state index contributed by atoms with van der Waals surface area (Å²) in [6.45, 7) is 2.89. The lowest BCUT2D eigenvalue weighted by Gasteiger charge is -2.27.